The number of para-hydroxylation sites is 2. The summed E-state index contributed by atoms with van der Waals surface area (Å²) in [6, 6.07) is 13.3. The highest BCUT2D eigenvalue weighted by Crippen LogP contribution is 2.40. The normalized spacial score (nSPS) is 16.3. The second-order valence-electron chi connectivity index (χ2n) is 6.37. The van der Waals surface area contributed by atoms with Gasteiger partial charge in [0.25, 0.3) is 0 Å². The van der Waals surface area contributed by atoms with Gasteiger partial charge in [0.15, 0.2) is 0 Å². The van der Waals surface area contributed by atoms with Crippen LogP contribution in [-0.2, 0) is 13.0 Å². The SMILES string of the molecule is C=CCn1c(Oc2c(Br)ccc3c2CC[C@H](C)N3)nc2ccccc21. The summed E-state index contributed by atoms with van der Waals surface area (Å²) in [4.78, 5) is 4.68. The van der Waals surface area contributed by atoms with Crippen molar-refractivity contribution in [3.05, 3.63) is 59.1 Å². The van der Waals surface area contributed by atoms with Crippen LogP contribution in [0.15, 0.2) is 53.5 Å². The molecule has 0 spiro atoms. The second kappa shape index (κ2) is 6.56. The average Bonchev–Trinajstić information content (AvgIpc) is 2.95. The van der Waals surface area contributed by atoms with Crippen molar-refractivity contribution in [2.75, 3.05) is 5.32 Å². The molecule has 4 rings (SSSR count). The molecule has 0 aliphatic carbocycles. The Morgan fingerprint density at radius 3 is 3.04 bits per heavy atom. The molecule has 0 unspecified atom stereocenters. The van der Waals surface area contributed by atoms with Crippen molar-refractivity contribution in [1.82, 2.24) is 9.55 Å². The van der Waals surface area contributed by atoms with E-state index >= 15 is 0 Å². The molecule has 0 saturated carbocycles. The van der Waals surface area contributed by atoms with Gasteiger partial charge in [0.05, 0.1) is 15.5 Å². The Balaban J connectivity index is 1.81. The van der Waals surface area contributed by atoms with Crippen LogP contribution in [0, 0.1) is 0 Å². The molecular weight excluding hydrogens is 378 g/mol. The molecule has 4 nitrogen and oxygen atoms in total. The van der Waals surface area contributed by atoms with E-state index < -0.39 is 0 Å². The smallest absolute Gasteiger partial charge is 0.303 e. The van der Waals surface area contributed by atoms with Gasteiger partial charge in [0.2, 0.25) is 0 Å². The van der Waals surface area contributed by atoms with Gasteiger partial charge < -0.3 is 10.1 Å². The number of aromatic nitrogens is 2. The number of benzene rings is 2. The molecule has 0 saturated heterocycles. The van der Waals surface area contributed by atoms with Crippen molar-refractivity contribution < 1.29 is 4.74 Å². The van der Waals surface area contributed by atoms with Crippen LogP contribution in [0.3, 0.4) is 0 Å². The molecule has 0 fully saturated rings. The van der Waals surface area contributed by atoms with Crippen LogP contribution in [-0.4, -0.2) is 15.6 Å². The van der Waals surface area contributed by atoms with Crippen LogP contribution in [0.1, 0.15) is 18.9 Å². The molecule has 3 aromatic rings. The zero-order valence-electron chi connectivity index (χ0n) is 14.1. The number of allylic oxidation sites excluding steroid dienone is 1. The predicted octanol–water partition coefficient (Wildman–Crippen LogP) is 5.52. The molecule has 1 N–H and O–H groups in total. The average molecular weight is 398 g/mol. The van der Waals surface area contributed by atoms with Gasteiger partial charge in [-0.15, -0.1) is 6.58 Å². The van der Waals surface area contributed by atoms with E-state index in [2.05, 4.69) is 51.9 Å². The van der Waals surface area contributed by atoms with Crippen LogP contribution in [0.25, 0.3) is 11.0 Å². The Kier molecular flexibility index (Phi) is 4.25. The first-order valence-electron chi connectivity index (χ1n) is 8.49. The van der Waals surface area contributed by atoms with Crippen LogP contribution in [0.5, 0.6) is 11.8 Å². The van der Waals surface area contributed by atoms with Crippen molar-refractivity contribution in [2.24, 2.45) is 0 Å². The van der Waals surface area contributed by atoms with Gasteiger partial charge in [-0.25, -0.2) is 0 Å². The van der Waals surface area contributed by atoms with Crippen molar-refractivity contribution in [3.8, 4) is 11.8 Å². The fraction of sp³-hybridized carbons (Fsp3) is 0.250. The highest BCUT2D eigenvalue weighted by molar-refractivity contribution is 9.10. The maximum atomic E-state index is 6.33. The molecule has 2 heterocycles. The molecule has 1 aliphatic rings. The molecule has 0 radical (unpaired) electrons. The van der Waals surface area contributed by atoms with Gasteiger partial charge in [-0.2, -0.15) is 4.98 Å². The summed E-state index contributed by atoms with van der Waals surface area (Å²) in [6.07, 6.45) is 3.93. The van der Waals surface area contributed by atoms with E-state index in [9.17, 15) is 0 Å². The van der Waals surface area contributed by atoms with E-state index in [1.54, 1.807) is 0 Å². The molecule has 25 heavy (non-hydrogen) atoms. The molecule has 5 heteroatoms. The molecule has 128 valence electrons. The molecular formula is C20H20BrN3O. The number of nitrogens with zero attached hydrogens (tertiary/aromatic N) is 2. The minimum Gasteiger partial charge on any atom is -0.424 e. The van der Waals surface area contributed by atoms with Crippen molar-refractivity contribution in [2.45, 2.75) is 32.4 Å². The lowest BCUT2D eigenvalue weighted by atomic mass is 9.98. The van der Waals surface area contributed by atoms with Gasteiger partial charge in [0.1, 0.15) is 5.75 Å². The quantitative estimate of drug-likeness (QED) is 0.588. The zero-order chi connectivity index (χ0) is 17.4. The first-order chi connectivity index (χ1) is 12.2. The van der Waals surface area contributed by atoms with Crippen molar-refractivity contribution in [1.29, 1.82) is 0 Å². The minimum absolute atomic E-state index is 0.479. The Morgan fingerprint density at radius 2 is 2.20 bits per heavy atom. The monoisotopic (exact) mass is 397 g/mol. The van der Waals surface area contributed by atoms with E-state index in [-0.39, 0.29) is 0 Å². The summed E-state index contributed by atoms with van der Waals surface area (Å²) in [6.45, 7) is 6.72. The molecule has 1 atom stereocenters. The summed E-state index contributed by atoms with van der Waals surface area (Å²) >= 11 is 3.65. The number of ether oxygens (including phenoxy) is 1. The lowest BCUT2D eigenvalue weighted by Crippen LogP contribution is -2.22. The number of fused-ring (bicyclic) bond motifs is 2. The number of halogens is 1. The third-order valence-corrected chi connectivity index (χ3v) is 5.19. The molecule has 0 amide bonds. The summed E-state index contributed by atoms with van der Waals surface area (Å²) in [5.41, 5.74) is 4.31. The van der Waals surface area contributed by atoms with E-state index in [0.717, 1.165) is 39.8 Å². The lowest BCUT2D eigenvalue weighted by molar-refractivity contribution is 0.414. The number of nitrogens with one attached hydrogen (secondary N) is 1. The van der Waals surface area contributed by atoms with Crippen molar-refractivity contribution in [3.63, 3.8) is 0 Å². The maximum Gasteiger partial charge on any atom is 0.303 e. The van der Waals surface area contributed by atoms with Crippen LogP contribution in [0.4, 0.5) is 5.69 Å². The maximum absolute atomic E-state index is 6.33. The summed E-state index contributed by atoms with van der Waals surface area (Å²) in [7, 11) is 0. The summed E-state index contributed by atoms with van der Waals surface area (Å²) in [5, 5.41) is 3.54. The largest absolute Gasteiger partial charge is 0.424 e. The van der Waals surface area contributed by atoms with Crippen LogP contribution in [0.2, 0.25) is 0 Å². The standard InChI is InChI=1S/C20H20BrN3O/c1-3-12-24-18-7-5-4-6-17(18)23-20(24)25-19-14-9-8-13(2)22-16(14)11-10-15(19)21/h3-7,10-11,13,22H,1,8-9,12H2,2H3/t13-/m0/s1. The van der Waals surface area contributed by atoms with Gasteiger partial charge >= 0.3 is 6.01 Å². The fourth-order valence-corrected chi connectivity index (χ4v) is 3.77. The van der Waals surface area contributed by atoms with Gasteiger partial charge in [-0.1, -0.05) is 18.2 Å². The zero-order valence-corrected chi connectivity index (χ0v) is 15.7. The van der Waals surface area contributed by atoms with Crippen LogP contribution >= 0.6 is 15.9 Å². The molecule has 1 aliphatic heterocycles. The van der Waals surface area contributed by atoms with Gasteiger partial charge in [-0.3, -0.25) is 4.57 Å². The predicted molar refractivity (Wildman–Crippen MR) is 106 cm³/mol. The molecule has 0 bridgehead atoms. The Bertz CT molecular complexity index is 948. The van der Waals surface area contributed by atoms with E-state index in [4.69, 9.17) is 4.74 Å². The van der Waals surface area contributed by atoms with Crippen LogP contribution < -0.4 is 10.1 Å². The third-order valence-electron chi connectivity index (χ3n) is 4.57. The summed E-state index contributed by atoms with van der Waals surface area (Å²) in [5.74, 6) is 0.845. The minimum atomic E-state index is 0.479. The first-order valence-corrected chi connectivity index (χ1v) is 9.28. The van der Waals surface area contributed by atoms with E-state index in [1.165, 1.54) is 5.56 Å². The number of rotatable bonds is 4. The van der Waals surface area contributed by atoms with Gasteiger partial charge in [0, 0.05) is 23.8 Å². The van der Waals surface area contributed by atoms with E-state index in [0.29, 0.717) is 18.6 Å². The number of hydrogen-bond acceptors (Lipinski definition) is 3. The second-order valence-corrected chi connectivity index (χ2v) is 7.23. The molecule has 1 aromatic heterocycles. The Labute approximate surface area is 155 Å². The number of anilines is 1. The highest BCUT2D eigenvalue weighted by atomic mass is 79.9. The first kappa shape index (κ1) is 16.2. The topological polar surface area (TPSA) is 39.1 Å². The lowest BCUT2D eigenvalue weighted by Gasteiger charge is -2.26. The van der Waals surface area contributed by atoms with E-state index in [1.807, 2.05) is 34.9 Å². The Morgan fingerprint density at radius 1 is 1.36 bits per heavy atom. The van der Waals surface area contributed by atoms with Gasteiger partial charge in [-0.05, 0) is 60.0 Å². The fourth-order valence-electron chi connectivity index (χ4n) is 3.32. The Hall–Kier alpha value is -2.27. The number of hydrogen-bond donors (Lipinski definition) is 1. The number of imidazole rings is 1. The summed E-state index contributed by atoms with van der Waals surface area (Å²) < 4.78 is 9.32. The molecule has 2 aromatic carbocycles. The highest BCUT2D eigenvalue weighted by Gasteiger charge is 2.22. The third kappa shape index (κ3) is 2.93. The van der Waals surface area contributed by atoms with Crippen molar-refractivity contribution >= 4 is 32.7 Å².